The molecule has 0 saturated heterocycles. The summed E-state index contributed by atoms with van der Waals surface area (Å²) in [5, 5.41) is 23.8. The Balaban J connectivity index is 1.95. The van der Waals surface area contributed by atoms with E-state index in [1.165, 1.54) is 11.8 Å². The summed E-state index contributed by atoms with van der Waals surface area (Å²) >= 11 is 4.96. The first-order valence-corrected chi connectivity index (χ1v) is 7.82. The molecule has 0 fully saturated rings. The van der Waals surface area contributed by atoms with E-state index in [0.717, 1.165) is 21.6 Å². The molecule has 0 amide bonds. The van der Waals surface area contributed by atoms with E-state index in [1.807, 2.05) is 38.1 Å². The molecule has 0 radical (unpaired) electrons. The molecule has 2 heterocycles. The first kappa shape index (κ1) is 13.8. The van der Waals surface area contributed by atoms with Crippen molar-refractivity contribution in [3.05, 3.63) is 40.1 Å². The van der Waals surface area contributed by atoms with E-state index in [-0.39, 0.29) is 5.25 Å². The highest BCUT2D eigenvalue weighted by molar-refractivity contribution is 9.10. The zero-order chi connectivity index (χ0) is 14.3. The third-order valence-corrected chi connectivity index (χ3v) is 5.22. The summed E-state index contributed by atoms with van der Waals surface area (Å²) in [5.74, 6) is 0.751. The van der Waals surface area contributed by atoms with Crippen LogP contribution in [0.4, 0.5) is 0 Å². The van der Waals surface area contributed by atoms with E-state index in [1.54, 1.807) is 4.68 Å². The second kappa shape index (κ2) is 5.31. The topological polar surface area (TPSA) is 63.3 Å². The van der Waals surface area contributed by atoms with Gasteiger partial charge in [-0.1, -0.05) is 45.9 Å². The Morgan fingerprint density at radius 2 is 2.05 bits per heavy atom. The van der Waals surface area contributed by atoms with Gasteiger partial charge in [-0.05, 0) is 25.5 Å². The Morgan fingerprint density at radius 3 is 2.80 bits per heavy atom. The second-order valence-corrected chi connectivity index (χ2v) is 6.55. The Labute approximate surface area is 129 Å². The van der Waals surface area contributed by atoms with Gasteiger partial charge >= 0.3 is 0 Å². The number of hydrogen-bond acceptors (Lipinski definition) is 5. The van der Waals surface area contributed by atoms with Crippen molar-refractivity contribution in [2.24, 2.45) is 5.10 Å². The highest BCUT2D eigenvalue weighted by Crippen LogP contribution is 2.37. The van der Waals surface area contributed by atoms with Crippen molar-refractivity contribution in [2.75, 3.05) is 0 Å². The molecule has 7 heteroatoms. The molecule has 1 aromatic carbocycles. The van der Waals surface area contributed by atoms with Crippen molar-refractivity contribution in [1.82, 2.24) is 14.9 Å². The Morgan fingerprint density at radius 1 is 1.30 bits per heavy atom. The third kappa shape index (κ3) is 2.30. The van der Waals surface area contributed by atoms with Gasteiger partial charge in [-0.3, -0.25) is 0 Å². The predicted molar refractivity (Wildman–Crippen MR) is 82.0 cm³/mol. The number of benzene rings is 1. The lowest BCUT2D eigenvalue weighted by molar-refractivity contribution is 0.189. The predicted octanol–water partition coefficient (Wildman–Crippen LogP) is 2.78. The number of aryl methyl sites for hydroxylation is 1. The average Bonchev–Trinajstić information content (AvgIpc) is 2.79. The smallest absolute Gasteiger partial charge is 0.212 e. The molecule has 0 spiro atoms. The van der Waals surface area contributed by atoms with Crippen molar-refractivity contribution in [3.8, 4) is 0 Å². The first-order chi connectivity index (χ1) is 9.58. The number of nitrogens with zero attached hydrogens (tertiary/aromatic N) is 4. The molecule has 2 unspecified atom stereocenters. The van der Waals surface area contributed by atoms with Gasteiger partial charge in [0.15, 0.2) is 5.82 Å². The van der Waals surface area contributed by atoms with Crippen LogP contribution in [0.25, 0.3) is 0 Å². The largest absolute Gasteiger partial charge is 0.387 e. The number of fused-ring (bicyclic) bond motifs is 1. The molecule has 104 valence electrons. The number of aliphatic hydroxyl groups is 1. The Kier molecular flexibility index (Phi) is 3.66. The van der Waals surface area contributed by atoms with Crippen LogP contribution in [0.1, 0.15) is 24.4 Å². The molecule has 1 aliphatic heterocycles. The minimum absolute atomic E-state index is 0.162. The lowest BCUT2D eigenvalue weighted by atomic mass is 10.0. The van der Waals surface area contributed by atoms with Gasteiger partial charge in [0.25, 0.3) is 0 Å². The molecule has 2 atom stereocenters. The van der Waals surface area contributed by atoms with Crippen molar-refractivity contribution < 1.29 is 5.11 Å². The average molecular weight is 353 g/mol. The van der Waals surface area contributed by atoms with Crippen LogP contribution < -0.4 is 0 Å². The van der Waals surface area contributed by atoms with Crippen LogP contribution in [0.3, 0.4) is 0 Å². The van der Waals surface area contributed by atoms with Crippen LogP contribution >= 0.6 is 27.7 Å². The maximum atomic E-state index is 10.6. The monoisotopic (exact) mass is 352 g/mol. The molecule has 2 aromatic rings. The summed E-state index contributed by atoms with van der Waals surface area (Å²) in [4.78, 5) is 0. The lowest BCUT2D eigenvalue weighted by Crippen LogP contribution is -2.27. The summed E-state index contributed by atoms with van der Waals surface area (Å²) < 4.78 is 2.60. The molecule has 3 rings (SSSR count). The minimum atomic E-state index is -0.648. The highest BCUT2D eigenvalue weighted by atomic mass is 79.9. The molecule has 1 aliphatic rings. The summed E-state index contributed by atoms with van der Waals surface area (Å²) in [7, 11) is 0. The van der Waals surface area contributed by atoms with Gasteiger partial charge in [0.05, 0.1) is 17.1 Å². The Hall–Kier alpha value is -1.18. The zero-order valence-corrected chi connectivity index (χ0v) is 13.4. The first-order valence-electron chi connectivity index (χ1n) is 6.14. The SMILES string of the molecule is CC1=Nn2c(C)nnc2SC1C(O)c1ccccc1Br. The number of rotatable bonds is 2. The highest BCUT2D eigenvalue weighted by Gasteiger charge is 2.31. The van der Waals surface area contributed by atoms with Crippen molar-refractivity contribution in [1.29, 1.82) is 0 Å². The number of thioether (sulfide) groups is 1. The fourth-order valence-corrected chi connectivity index (χ4v) is 3.71. The van der Waals surface area contributed by atoms with Crippen LogP contribution in [-0.4, -0.2) is 30.9 Å². The van der Waals surface area contributed by atoms with Gasteiger partial charge in [-0.2, -0.15) is 9.78 Å². The molecule has 0 aliphatic carbocycles. The van der Waals surface area contributed by atoms with Gasteiger partial charge in [-0.15, -0.1) is 10.2 Å². The van der Waals surface area contributed by atoms with Crippen LogP contribution in [0.2, 0.25) is 0 Å². The van der Waals surface area contributed by atoms with Gasteiger partial charge in [0.1, 0.15) is 0 Å². The molecule has 0 saturated carbocycles. The normalized spacial score (nSPS) is 19.4. The number of halogens is 1. The second-order valence-electron chi connectivity index (χ2n) is 4.59. The van der Waals surface area contributed by atoms with Crippen molar-refractivity contribution >= 4 is 33.4 Å². The fourth-order valence-electron chi connectivity index (χ4n) is 2.11. The standard InChI is InChI=1S/C13H13BrN4OS/c1-7-12(11(19)9-5-3-4-6-10(9)14)20-13-16-15-8(2)18(13)17-7/h3-6,11-12,19H,1-2H3. The molecule has 1 aromatic heterocycles. The lowest BCUT2D eigenvalue weighted by Gasteiger charge is -2.25. The maximum Gasteiger partial charge on any atom is 0.212 e. The molecule has 0 bridgehead atoms. The molecular weight excluding hydrogens is 340 g/mol. The van der Waals surface area contributed by atoms with Crippen LogP contribution in [-0.2, 0) is 0 Å². The summed E-state index contributed by atoms with van der Waals surface area (Å²) in [6.45, 7) is 3.78. The molecular formula is C13H13BrN4OS. The maximum absolute atomic E-state index is 10.6. The van der Waals surface area contributed by atoms with Gasteiger partial charge in [-0.25, -0.2) is 0 Å². The quantitative estimate of drug-likeness (QED) is 0.902. The van der Waals surface area contributed by atoms with E-state index in [9.17, 15) is 5.11 Å². The van der Waals surface area contributed by atoms with Crippen molar-refractivity contribution in [3.63, 3.8) is 0 Å². The number of aliphatic hydroxyl groups excluding tert-OH is 1. The van der Waals surface area contributed by atoms with Crippen molar-refractivity contribution in [2.45, 2.75) is 30.4 Å². The Bertz CT molecular complexity index is 685. The third-order valence-electron chi connectivity index (χ3n) is 3.18. The van der Waals surface area contributed by atoms with E-state index in [4.69, 9.17) is 0 Å². The van der Waals surface area contributed by atoms with E-state index >= 15 is 0 Å². The number of hydrogen-bond donors (Lipinski definition) is 1. The van der Waals surface area contributed by atoms with Gasteiger partial charge in [0.2, 0.25) is 5.16 Å². The zero-order valence-electron chi connectivity index (χ0n) is 11.0. The van der Waals surface area contributed by atoms with Gasteiger partial charge < -0.3 is 5.11 Å². The van der Waals surface area contributed by atoms with E-state index in [0.29, 0.717) is 5.16 Å². The minimum Gasteiger partial charge on any atom is -0.387 e. The number of aromatic nitrogens is 3. The molecule has 1 N–H and O–H groups in total. The fraction of sp³-hybridized carbons (Fsp3) is 0.308. The van der Waals surface area contributed by atoms with E-state index < -0.39 is 6.10 Å². The summed E-state index contributed by atoms with van der Waals surface area (Å²) in [6.07, 6.45) is -0.648. The van der Waals surface area contributed by atoms with E-state index in [2.05, 4.69) is 31.2 Å². The van der Waals surface area contributed by atoms with Crippen LogP contribution in [0.15, 0.2) is 39.0 Å². The summed E-state index contributed by atoms with van der Waals surface area (Å²) in [5.41, 5.74) is 1.71. The van der Waals surface area contributed by atoms with Crippen LogP contribution in [0, 0.1) is 6.92 Å². The molecule has 5 nitrogen and oxygen atoms in total. The van der Waals surface area contributed by atoms with Crippen LogP contribution in [0.5, 0.6) is 0 Å². The summed E-state index contributed by atoms with van der Waals surface area (Å²) in [6, 6.07) is 7.67. The van der Waals surface area contributed by atoms with Gasteiger partial charge in [0, 0.05) is 4.47 Å². The molecule has 20 heavy (non-hydrogen) atoms.